The molecule has 1 atom stereocenters. The Morgan fingerprint density at radius 2 is 1.00 bits per heavy atom. The van der Waals surface area contributed by atoms with Crippen LogP contribution in [-0.2, 0) is 0 Å². The number of furan rings is 1. The molecule has 45 heavy (non-hydrogen) atoms. The number of hydrogen-bond donors (Lipinski definition) is 0. The monoisotopic (exact) mass is 597 g/mol. The molecule has 1 unspecified atom stereocenters. The summed E-state index contributed by atoms with van der Waals surface area (Å²) in [6.07, 6.45) is 0. The predicted molar refractivity (Wildman–Crippen MR) is 182 cm³/mol. The summed E-state index contributed by atoms with van der Waals surface area (Å²) in [5, 5.41) is 5.67. The third-order valence-electron chi connectivity index (χ3n) is 8.09. The largest absolute Gasteiger partial charge is 0.456 e. The normalized spacial score (nSPS) is 13.7. The molecule has 6 heteroatoms. The molecular formula is C39H24N3O2P. The molecule has 9 rings (SSSR count). The number of hydrogen-bond acceptors (Lipinski definition) is 5. The Morgan fingerprint density at radius 1 is 0.422 bits per heavy atom. The lowest BCUT2D eigenvalue weighted by Crippen LogP contribution is -2.26. The standard InChI is InChI=1S/C39H24N3O2P/c1-4-12-25(13-5-1)37-40-38(26-14-6-2-7-15-26)42-39(41-37)27-20-21-29-30-23-34-36(24-33(30)44-32(29)22-27)45(28-16-8-3-9-17-28)35-19-11-10-18-31(35)43-34/h1-24H. The lowest BCUT2D eigenvalue weighted by molar-refractivity contribution is 0.489. The molecule has 0 saturated heterocycles. The highest BCUT2D eigenvalue weighted by Gasteiger charge is 2.30. The average Bonchev–Trinajstić information content (AvgIpc) is 3.47. The molecule has 0 radical (unpaired) electrons. The summed E-state index contributed by atoms with van der Waals surface area (Å²) in [6.45, 7) is 0. The first-order chi connectivity index (χ1) is 22.3. The van der Waals surface area contributed by atoms with Gasteiger partial charge < -0.3 is 9.15 Å². The number of rotatable bonds is 4. The molecule has 6 aromatic carbocycles. The van der Waals surface area contributed by atoms with Crippen molar-refractivity contribution in [1.82, 2.24) is 15.0 Å². The molecule has 5 nitrogen and oxygen atoms in total. The molecule has 8 aromatic rings. The van der Waals surface area contributed by atoms with Crippen molar-refractivity contribution in [2.75, 3.05) is 0 Å². The van der Waals surface area contributed by atoms with Gasteiger partial charge in [0.2, 0.25) is 0 Å². The number of fused-ring (bicyclic) bond motifs is 5. The predicted octanol–water partition coefficient (Wildman–Crippen LogP) is 8.64. The molecule has 2 aromatic heterocycles. The minimum Gasteiger partial charge on any atom is -0.456 e. The summed E-state index contributed by atoms with van der Waals surface area (Å²) >= 11 is 0. The van der Waals surface area contributed by atoms with E-state index in [1.165, 1.54) is 10.6 Å². The molecule has 0 spiro atoms. The third-order valence-corrected chi connectivity index (χ3v) is 10.6. The van der Waals surface area contributed by atoms with Crippen LogP contribution in [0.3, 0.4) is 0 Å². The lowest BCUT2D eigenvalue weighted by Gasteiger charge is -2.28. The molecule has 212 valence electrons. The van der Waals surface area contributed by atoms with E-state index in [9.17, 15) is 0 Å². The van der Waals surface area contributed by atoms with E-state index in [1.807, 2.05) is 72.8 Å². The van der Waals surface area contributed by atoms with E-state index < -0.39 is 7.92 Å². The fraction of sp³-hybridized carbons (Fsp3) is 0. The summed E-state index contributed by atoms with van der Waals surface area (Å²) in [7, 11) is -0.807. The summed E-state index contributed by atoms with van der Waals surface area (Å²) in [6, 6.07) is 49.5. The van der Waals surface area contributed by atoms with Crippen molar-refractivity contribution in [3.63, 3.8) is 0 Å². The zero-order valence-electron chi connectivity index (χ0n) is 24.0. The van der Waals surface area contributed by atoms with Gasteiger partial charge in [0, 0.05) is 38.1 Å². The smallest absolute Gasteiger partial charge is 0.164 e. The Morgan fingerprint density at radius 3 is 1.69 bits per heavy atom. The van der Waals surface area contributed by atoms with Gasteiger partial charge in [-0.2, -0.15) is 0 Å². The fourth-order valence-corrected chi connectivity index (χ4v) is 8.40. The summed E-state index contributed by atoms with van der Waals surface area (Å²) < 4.78 is 13.1. The number of benzene rings is 6. The van der Waals surface area contributed by atoms with Crippen molar-refractivity contribution in [3.8, 4) is 45.7 Å². The van der Waals surface area contributed by atoms with Gasteiger partial charge in [-0.15, -0.1) is 0 Å². The molecule has 0 bridgehead atoms. The number of aromatic nitrogens is 3. The van der Waals surface area contributed by atoms with Gasteiger partial charge in [-0.05, 0) is 43.6 Å². The van der Waals surface area contributed by atoms with Crippen molar-refractivity contribution >= 4 is 45.8 Å². The molecule has 0 fully saturated rings. The van der Waals surface area contributed by atoms with E-state index in [0.29, 0.717) is 17.5 Å². The van der Waals surface area contributed by atoms with Gasteiger partial charge in [0.25, 0.3) is 0 Å². The highest BCUT2D eigenvalue weighted by molar-refractivity contribution is 7.80. The van der Waals surface area contributed by atoms with Crippen LogP contribution in [-0.4, -0.2) is 15.0 Å². The topological polar surface area (TPSA) is 61.0 Å². The first-order valence-corrected chi connectivity index (χ1v) is 16.1. The second-order valence-corrected chi connectivity index (χ2v) is 13.1. The van der Waals surface area contributed by atoms with Crippen LogP contribution >= 0.6 is 7.92 Å². The van der Waals surface area contributed by atoms with Gasteiger partial charge in [-0.25, -0.2) is 15.0 Å². The maximum atomic E-state index is 6.57. The number of nitrogens with zero attached hydrogens (tertiary/aromatic N) is 3. The molecule has 3 heterocycles. The van der Waals surface area contributed by atoms with Crippen LogP contribution in [0.4, 0.5) is 0 Å². The summed E-state index contributed by atoms with van der Waals surface area (Å²) in [5.74, 6) is 3.63. The Balaban J connectivity index is 1.20. The summed E-state index contributed by atoms with van der Waals surface area (Å²) in [4.78, 5) is 14.6. The van der Waals surface area contributed by atoms with Gasteiger partial charge in [0.05, 0.1) is 0 Å². The SMILES string of the molecule is c1ccc(-c2nc(-c3ccccc3)nc(-c3ccc4c(c3)oc3cc5c(cc34)Oc3ccccc3P5c3ccccc3)n2)cc1. The van der Waals surface area contributed by atoms with Gasteiger partial charge in [0.15, 0.2) is 17.5 Å². The van der Waals surface area contributed by atoms with Crippen molar-refractivity contribution in [3.05, 3.63) is 146 Å². The molecule has 1 aliphatic rings. The highest BCUT2D eigenvalue weighted by Crippen LogP contribution is 2.47. The maximum absolute atomic E-state index is 6.57. The van der Waals surface area contributed by atoms with Gasteiger partial charge in [0.1, 0.15) is 22.7 Å². The molecular weight excluding hydrogens is 573 g/mol. The Labute approximate surface area is 260 Å². The van der Waals surface area contributed by atoms with E-state index in [1.54, 1.807) is 0 Å². The van der Waals surface area contributed by atoms with Crippen molar-refractivity contribution in [2.45, 2.75) is 0 Å². The Kier molecular flexibility index (Phi) is 6.03. The van der Waals surface area contributed by atoms with Gasteiger partial charge in [-0.1, -0.05) is 115 Å². The minimum absolute atomic E-state index is 0.593. The van der Waals surface area contributed by atoms with Crippen molar-refractivity contribution in [1.29, 1.82) is 0 Å². The van der Waals surface area contributed by atoms with E-state index in [2.05, 4.69) is 72.8 Å². The lowest BCUT2D eigenvalue weighted by atomic mass is 10.1. The van der Waals surface area contributed by atoms with Gasteiger partial charge >= 0.3 is 0 Å². The van der Waals surface area contributed by atoms with Crippen LogP contribution in [0.25, 0.3) is 56.1 Å². The average molecular weight is 598 g/mol. The molecule has 1 aliphatic heterocycles. The second-order valence-electron chi connectivity index (χ2n) is 10.9. The van der Waals surface area contributed by atoms with Gasteiger partial charge in [-0.3, -0.25) is 0 Å². The van der Waals surface area contributed by atoms with Crippen LogP contribution in [0.15, 0.2) is 150 Å². The van der Waals surface area contributed by atoms with E-state index in [0.717, 1.165) is 55.4 Å². The van der Waals surface area contributed by atoms with Crippen molar-refractivity contribution < 1.29 is 9.15 Å². The first-order valence-electron chi connectivity index (χ1n) is 14.8. The Hall–Kier alpha value is -5.64. The van der Waals surface area contributed by atoms with E-state index in [-0.39, 0.29) is 0 Å². The van der Waals surface area contributed by atoms with Crippen LogP contribution in [0.2, 0.25) is 0 Å². The van der Waals surface area contributed by atoms with Crippen LogP contribution < -0.4 is 20.7 Å². The molecule has 0 N–H and O–H groups in total. The maximum Gasteiger partial charge on any atom is 0.164 e. The third kappa shape index (κ3) is 4.48. The summed E-state index contributed by atoms with van der Waals surface area (Å²) in [5.41, 5.74) is 4.33. The second kappa shape index (κ2) is 10.5. The highest BCUT2D eigenvalue weighted by atomic mass is 31.1. The van der Waals surface area contributed by atoms with Crippen LogP contribution in [0.1, 0.15) is 0 Å². The molecule has 0 aliphatic carbocycles. The molecule has 0 saturated carbocycles. The first kappa shape index (κ1) is 25.8. The Bertz CT molecular complexity index is 2300. The quantitative estimate of drug-likeness (QED) is 0.190. The van der Waals surface area contributed by atoms with E-state index >= 15 is 0 Å². The van der Waals surface area contributed by atoms with E-state index in [4.69, 9.17) is 24.1 Å². The minimum atomic E-state index is -0.807. The number of para-hydroxylation sites is 1. The van der Waals surface area contributed by atoms with Crippen LogP contribution in [0.5, 0.6) is 11.5 Å². The van der Waals surface area contributed by atoms with Crippen molar-refractivity contribution in [2.24, 2.45) is 0 Å². The number of ether oxygens (including phenoxy) is 1. The zero-order chi connectivity index (χ0) is 29.7. The van der Waals surface area contributed by atoms with Crippen LogP contribution in [0, 0.1) is 0 Å². The molecule has 0 amide bonds. The zero-order valence-corrected chi connectivity index (χ0v) is 24.9. The fourth-order valence-electron chi connectivity index (χ4n) is 5.96.